The Kier molecular flexibility index (Phi) is 7.11. The van der Waals surface area contributed by atoms with Crippen molar-refractivity contribution in [3.05, 3.63) is 59.7 Å². The molecule has 0 bridgehead atoms. The Hall–Kier alpha value is -3.02. The van der Waals surface area contributed by atoms with E-state index >= 15 is 0 Å². The van der Waals surface area contributed by atoms with Crippen LogP contribution in [0.5, 0.6) is 5.75 Å². The molecule has 1 fully saturated rings. The Labute approximate surface area is 172 Å². The molecule has 2 N–H and O–H groups in total. The number of rotatable bonds is 8. The highest BCUT2D eigenvalue weighted by Gasteiger charge is 2.16. The maximum Gasteiger partial charge on any atom is 0.251 e. The van der Waals surface area contributed by atoms with E-state index in [0.29, 0.717) is 37.7 Å². The highest BCUT2D eigenvalue weighted by molar-refractivity contribution is 5.94. The standard InChI is InChI=1S/C23H29N3O3/c1-17(2)11-14-29-21-9-5-19(6-10-21)23(28)25-15-18-3-7-20(8-4-18)26-13-12-24-22(27)16-26/h3-10,17H,11-16H2,1-2H3,(H,24,27)(H,25,28). The van der Waals surface area contributed by atoms with E-state index in [1.807, 2.05) is 41.3 Å². The summed E-state index contributed by atoms with van der Waals surface area (Å²) in [4.78, 5) is 25.9. The minimum atomic E-state index is -0.115. The van der Waals surface area contributed by atoms with Gasteiger partial charge in [0.1, 0.15) is 5.75 Å². The van der Waals surface area contributed by atoms with E-state index in [-0.39, 0.29) is 11.8 Å². The molecule has 0 spiro atoms. The normalized spacial score (nSPS) is 13.9. The smallest absolute Gasteiger partial charge is 0.251 e. The summed E-state index contributed by atoms with van der Waals surface area (Å²) in [5, 5.41) is 5.76. The maximum atomic E-state index is 12.4. The number of carbonyl (C=O) groups excluding carboxylic acids is 2. The molecule has 1 saturated heterocycles. The van der Waals surface area contributed by atoms with E-state index in [1.54, 1.807) is 12.1 Å². The fourth-order valence-corrected chi connectivity index (χ4v) is 3.08. The van der Waals surface area contributed by atoms with E-state index in [9.17, 15) is 9.59 Å². The zero-order valence-corrected chi connectivity index (χ0v) is 17.1. The first-order valence-corrected chi connectivity index (χ1v) is 10.1. The number of anilines is 1. The summed E-state index contributed by atoms with van der Waals surface area (Å²) in [7, 11) is 0. The van der Waals surface area contributed by atoms with E-state index in [0.717, 1.165) is 30.0 Å². The SMILES string of the molecule is CC(C)CCOc1ccc(C(=O)NCc2ccc(N3CCNC(=O)C3)cc2)cc1. The van der Waals surface area contributed by atoms with Crippen LogP contribution in [0, 0.1) is 5.92 Å². The lowest BCUT2D eigenvalue weighted by molar-refractivity contribution is -0.120. The van der Waals surface area contributed by atoms with Crippen LogP contribution in [0.25, 0.3) is 0 Å². The lowest BCUT2D eigenvalue weighted by Gasteiger charge is -2.28. The average Bonchev–Trinajstić information content (AvgIpc) is 2.72. The fourth-order valence-electron chi connectivity index (χ4n) is 3.08. The van der Waals surface area contributed by atoms with Crippen molar-refractivity contribution in [1.29, 1.82) is 0 Å². The molecular formula is C23H29N3O3. The molecule has 1 aliphatic heterocycles. The van der Waals surface area contributed by atoms with Crippen molar-refractivity contribution in [2.45, 2.75) is 26.8 Å². The van der Waals surface area contributed by atoms with Crippen molar-refractivity contribution >= 4 is 17.5 Å². The number of hydrogen-bond donors (Lipinski definition) is 2. The summed E-state index contributed by atoms with van der Waals surface area (Å²) in [6.07, 6.45) is 1.01. The lowest BCUT2D eigenvalue weighted by atomic mass is 10.1. The Balaban J connectivity index is 1.48. The van der Waals surface area contributed by atoms with Gasteiger partial charge in [0, 0.05) is 30.9 Å². The number of piperazine rings is 1. The van der Waals surface area contributed by atoms with Crippen LogP contribution in [0.15, 0.2) is 48.5 Å². The maximum absolute atomic E-state index is 12.4. The molecule has 0 aromatic heterocycles. The third-order valence-electron chi connectivity index (χ3n) is 4.87. The quantitative estimate of drug-likeness (QED) is 0.721. The number of ether oxygens (including phenoxy) is 1. The number of hydrogen-bond acceptors (Lipinski definition) is 4. The van der Waals surface area contributed by atoms with Crippen LogP contribution in [0.2, 0.25) is 0 Å². The van der Waals surface area contributed by atoms with Crippen molar-refractivity contribution in [2.24, 2.45) is 5.92 Å². The van der Waals surface area contributed by atoms with Gasteiger partial charge >= 0.3 is 0 Å². The van der Waals surface area contributed by atoms with Gasteiger partial charge in [0.25, 0.3) is 5.91 Å². The predicted octanol–water partition coefficient (Wildman–Crippen LogP) is 2.98. The summed E-state index contributed by atoms with van der Waals surface area (Å²) < 4.78 is 5.69. The summed E-state index contributed by atoms with van der Waals surface area (Å²) in [6, 6.07) is 15.2. The Morgan fingerprint density at radius 2 is 1.86 bits per heavy atom. The van der Waals surface area contributed by atoms with Crippen LogP contribution in [-0.2, 0) is 11.3 Å². The van der Waals surface area contributed by atoms with Crippen LogP contribution in [0.1, 0.15) is 36.2 Å². The van der Waals surface area contributed by atoms with Gasteiger partial charge in [-0.2, -0.15) is 0 Å². The molecule has 6 nitrogen and oxygen atoms in total. The monoisotopic (exact) mass is 395 g/mol. The third-order valence-corrected chi connectivity index (χ3v) is 4.87. The van der Waals surface area contributed by atoms with Gasteiger partial charge in [-0.15, -0.1) is 0 Å². The fraction of sp³-hybridized carbons (Fsp3) is 0.391. The second-order valence-corrected chi connectivity index (χ2v) is 7.68. The largest absolute Gasteiger partial charge is 0.494 e. The number of nitrogens with zero attached hydrogens (tertiary/aromatic N) is 1. The van der Waals surface area contributed by atoms with E-state index in [4.69, 9.17) is 4.74 Å². The van der Waals surface area contributed by atoms with Crippen molar-refractivity contribution in [3.63, 3.8) is 0 Å². The van der Waals surface area contributed by atoms with E-state index in [1.165, 1.54) is 0 Å². The minimum absolute atomic E-state index is 0.0453. The molecular weight excluding hydrogens is 366 g/mol. The van der Waals surface area contributed by atoms with Crippen LogP contribution in [0.3, 0.4) is 0 Å². The van der Waals surface area contributed by atoms with Gasteiger partial charge in [0.2, 0.25) is 5.91 Å². The van der Waals surface area contributed by atoms with Crippen molar-refractivity contribution in [1.82, 2.24) is 10.6 Å². The Morgan fingerprint density at radius 1 is 1.14 bits per heavy atom. The van der Waals surface area contributed by atoms with Crippen LogP contribution in [0.4, 0.5) is 5.69 Å². The molecule has 0 saturated carbocycles. The first-order valence-electron chi connectivity index (χ1n) is 10.1. The molecule has 0 radical (unpaired) electrons. The lowest BCUT2D eigenvalue weighted by Crippen LogP contribution is -2.47. The molecule has 0 atom stereocenters. The zero-order chi connectivity index (χ0) is 20.6. The molecule has 6 heteroatoms. The van der Waals surface area contributed by atoms with Crippen LogP contribution in [-0.4, -0.2) is 38.1 Å². The number of benzene rings is 2. The molecule has 2 amide bonds. The Morgan fingerprint density at radius 3 is 2.52 bits per heavy atom. The van der Waals surface area contributed by atoms with Gasteiger partial charge in [-0.1, -0.05) is 26.0 Å². The number of amides is 2. The molecule has 0 aliphatic carbocycles. The molecule has 0 unspecified atom stereocenters. The molecule has 154 valence electrons. The molecule has 2 aromatic rings. The molecule has 1 heterocycles. The van der Waals surface area contributed by atoms with Crippen molar-refractivity contribution in [3.8, 4) is 5.75 Å². The third kappa shape index (κ3) is 6.24. The van der Waals surface area contributed by atoms with Crippen molar-refractivity contribution in [2.75, 3.05) is 31.1 Å². The average molecular weight is 396 g/mol. The summed E-state index contributed by atoms with van der Waals surface area (Å²) in [5.74, 6) is 1.32. The van der Waals surface area contributed by atoms with Gasteiger partial charge < -0.3 is 20.3 Å². The highest BCUT2D eigenvalue weighted by Crippen LogP contribution is 2.17. The number of carbonyl (C=O) groups is 2. The van der Waals surface area contributed by atoms with E-state index < -0.39 is 0 Å². The van der Waals surface area contributed by atoms with Gasteiger partial charge in [-0.3, -0.25) is 9.59 Å². The predicted molar refractivity (Wildman–Crippen MR) is 114 cm³/mol. The second-order valence-electron chi connectivity index (χ2n) is 7.68. The van der Waals surface area contributed by atoms with Gasteiger partial charge in [-0.05, 0) is 54.3 Å². The second kappa shape index (κ2) is 9.96. The summed E-state index contributed by atoms with van der Waals surface area (Å²) >= 11 is 0. The van der Waals surface area contributed by atoms with Gasteiger partial charge in [0.05, 0.1) is 13.2 Å². The molecule has 3 rings (SSSR count). The first-order chi connectivity index (χ1) is 14.0. The van der Waals surface area contributed by atoms with Crippen LogP contribution >= 0.6 is 0 Å². The molecule has 29 heavy (non-hydrogen) atoms. The van der Waals surface area contributed by atoms with Crippen molar-refractivity contribution < 1.29 is 14.3 Å². The molecule has 1 aliphatic rings. The zero-order valence-electron chi connectivity index (χ0n) is 17.1. The highest BCUT2D eigenvalue weighted by atomic mass is 16.5. The first kappa shape index (κ1) is 20.7. The van der Waals surface area contributed by atoms with Gasteiger partial charge in [-0.25, -0.2) is 0 Å². The minimum Gasteiger partial charge on any atom is -0.494 e. The van der Waals surface area contributed by atoms with Gasteiger partial charge in [0.15, 0.2) is 0 Å². The van der Waals surface area contributed by atoms with E-state index in [2.05, 4.69) is 24.5 Å². The molecule has 2 aromatic carbocycles. The number of nitrogens with one attached hydrogen (secondary N) is 2. The summed E-state index contributed by atoms with van der Waals surface area (Å²) in [5.41, 5.74) is 2.64. The van der Waals surface area contributed by atoms with Crippen LogP contribution < -0.4 is 20.3 Å². The summed E-state index contributed by atoms with van der Waals surface area (Å²) in [6.45, 7) is 7.31. The topological polar surface area (TPSA) is 70.7 Å². The Bertz CT molecular complexity index is 816.